The number of aromatic nitrogens is 1. The average Bonchev–Trinajstić information content (AvgIpc) is 2.86. The molecule has 38 heavy (non-hydrogen) atoms. The second-order valence-corrected chi connectivity index (χ2v) is 10.1. The van der Waals surface area contributed by atoms with Gasteiger partial charge in [0.2, 0.25) is 5.88 Å². The van der Waals surface area contributed by atoms with Gasteiger partial charge in [-0.15, -0.1) is 0 Å². The van der Waals surface area contributed by atoms with Crippen molar-refractivity contribution in [1.29, 1.82) is 0 Å². The molecule has 0 radical (unpaired) electrons. The van der Waals surface area contributed by atoms with E-state index < -0.39 is 58.4 Å². The first-order chi connectivity index (χ1) is 17.9. The summed E-state index contributed by atoms with van der Waals surface area (Å²) in [7, 11) is -3.07. The molecule has 1 aromatic carbocycles. The Kier molecular flexibility index (Phi) is 12.0. The summed E-state index contributed by atoms with van der Waals surface area (Å²) in [4.78, 5) is 15.4. The maximum absolute atomic E-state index is 13.0. The number of methoxy groups -OCH3 is 1. The van der Waals surface area contributed by atoms with Crippen LogP contribution in [0.4, 0.5) is 18.0 Å². The van der Waals surface area contributed by atoms with Crippen molar-refractivity contribution >= 4 is 27.9 Å². The van der Waals surface area contributed by atoms with Gasteiger partial charge < -0.3 is 19.3 Å². The number of amides is 1. The van der Waals surface area contributed by atoms with Crippen LogP contribution in [0.25, 0.3) is 0 Å². The van der Waals surface area contributed by atoms with Crippen LogP contribution in [0.15, 0.2) is 42.6 Å². The Morgan fingerprint density at radius 3 is 2.45 bits per heavy atom. The van der Waals surface area contributed by atoms with E-state index in [9.17, 15) is 31.5 Å². The molecule has 0 aliphatic heterocycles. The summed E-state index contributed by atoms with van der Waals surface area (Å²) < 4.78 is 83.5. The van der Waals surface area contributed by atoms with Crippen molar-refractivity contribution in [3.05, 3.63) is 58.7 Å². The molecule has 15 heteroatoms. The first-order valence-electron chi connectivity index (χ1n) is 11.4. The first-order valence-corrected chi connectivity index (χ1v) is 13.2. The van der Waals surface area contributed by atoms with Gasteiger partial charge in [0, 0.05) is 26.3 Å². The standard InChI is InChI=1S/C23H29ClF3N3O7S/c1-3-18(36-10-9-35-2)12-19(37-21-20(24)11-17(13-28-21)23(25,26)27)14-29-38(33,34)30(22(31)32)15-16-7-5-4-6-8-16/h4-8,11,13,18-19,29H,3,9-10,12,14-15H2,1-2H3,(H,31,32). The zero-order valence-electron chi connectivity index (χ0n) is 20.7. The lowest BCUT2D eigenvalue weighted by molar-refractivity contribution is -0.137. The van der Waals surface area contributed by atoms with Gasteiger partial charge in [0.05, 0.1) is 31.4 Å². The molecule has 0 aliphatic rings. The minimum atomic E-state index is -4.67. The number of rotatable bonds is 15. The van der Waals surface area contributed by atoms with Gasteiger partial charge in [-0.25, -0.2) is 9.78 Å². The molecule has 0 aliphatic carbocycles. The molecule has 212 valence electrons. The normalized spacial score (nSPS) is 13.6. The van der Waals surface area contributed by atoms with Gasteiger partial charge in [0.1, 0.15) is 11.1 Å². The number of alkyl halides is 3. The molecule has 0 spiro atoms. The largest absolute Gasteiger partial charge is 0.472 e. The summed E-state index contributed by atoms with van der Waals surface area (Å²) >= 11 is 5.96. The van der Waals surface area contributed by atoms with Crippen LogP contribution in [0.1, 0.15) is 30.9 Å². The quantitative estimate of drug-likeness (QED) is 0.296. The average molecular weight is 584 g/mol. The summed E-state index contributed by atoms with van der Waals surface area (Å²) in [5.41, 5.74) is -0.647. The van der Waals surface area contributed by atoms with Crippen LogP contribution in [-0.2, 0) is 32.4 Å². The van der Waals surface area contributed by atoms with Crippen molar-refractivity contribution in [3.63, 3.8) is 0 Å². The monoisotopic (exact) mass is 583 g/mol. The van der Waals surface area contributed by atoms with E-state index >= 15 is 0 Å². The lowest BCUT2D eigenvalue weighted by Gasteiger charge is -2.26. The van der Waals surface area contributed by atoms with Crippen molar-refractivity contribution in [2.24, 2.45) is 0 Å². The predicted molar refractivity (Wildman–Crippen MR) is 132 cm³/mol. The highest BCUT2D eigenvalue weighted by Crippen LogP contribution is 2.33. The molecule has 2 unspecified atom stereocenters. The van der Waals surface area contributed by atoms with Gasteiger partial charge in [-0.3, -0.25) is 0 Å². The third-order valence-corrected chi connectivity index (χ3v) is 6.87. The molecular formula is C23H29ClF3N3O7S. The predicted octanol–water partition coefficient (Wildman–Crippen LogP) is 4.35. The van der Waals surface area contributed by atoms with Crippen LogP contribution in [0.3, 0.4) is 0 Å². The Bertz CT molecular complexity index is 1140. The van der Waals surface area contributed by atoms with E-state index in [1.807, 2.05) is 6.92 Å². The van der Waals surface area contributed by atoms with E-state index in [-0.39, 0.29) is 23.2 Å². The SMILES string of the molecule is CCC(CC(CNS(=O)(=O)N(Cc1ccccc1)C(=O)O)Oc1ncc(C(F)(F)F)cc1Cl)OCCOC. The molecule has 1 heterocycles. The number of benzene rings is 1. The topological polar surface area (TPSA) is 127 Å². The summed E-state index contributed by atoms with van der Waals surface area (Å²) in [5, 5.41) is 9.09. The number of carboxylic acid groups (broad SMARTS) is 1. The second-order valence-electron chi connectivity index (χ2n) is 8.01. The number of hydrogen-bond donors (Lipinski definition) is 2. The van der Waals surface area contributed by atoms with Gasteiger partial charge in [-0.05, 0) is 18.1 Å². The van der Waals surface area contributed by atoms with Crippen LogP contribution >= 0.6 is 11.6 Å². The number of ether oxygens (including phenoxy) is 3. The van der Waals surface area contributed by atoms with Crippen molar-refractivity contribution in [2.75, 3.05) is 26.9 Å². The smallest absolute Gasteiger partial charge is 0.422 e. The van der Waals surface area contributed by atoms with Gasteiger partial charge in [-0.2, -0.15) is 30.6 Å². The molecule has 2 aromatic rings. The molecule has 0 saturated carbocycles. The molecule has 0 saturated heterocycles. The van der Waals surface area contributed by atoms with Crippen LogP contribution in [0, 0.1) is 0 Å². The molecule has 10 nitrogen and oxygen atoms in total. The van der Waals surface area contributed by atoms with Crippen molar-refractivity contribution in [3.8, 4) is 5.88 Å². The van der Waals surface area contributed by atoms with Crippen molar-refractivity contribution in [2.45, 2.75) is 44.7 Å². The van der Waals surface area contributed by atoms with Crippen molar-refractivity contribution in [1.82, 2.24) is 14.0 Å². The Labute approximate surface area is 223 Å². The van der Waals surface area contributed by atoms with Crippen LogP contribution < -0.4 is 9.46 Å². The Hall–Kier alpha value is -2.65. The van der Waals surface area contributed by atoms with E-state index in [0.717, 1.165) is 0 Å². The number of halogens is 4. The van der Waals surface area contributed by atoms with E-state index in [1.165, 1.54) is 7.11 Å². The fourth-order valence-corrected chi connectivity index (χ4v) is 4.51. The fraction of sp³-hybridized carbons (Fsp3) is 0.478. The lowest BCUT2D eigenvalue weighted by Crippen LogP contribution is -2.47. The number of pyridine rings is 1. The van der Waals surface area contributed by atoms with E-state index in [2.05, 4.69) is 9.71 Å². The summed E-state index contributed by atoms with van der Waals surface area (Å²) in [6.45, 7) is 1.45. The van der Waals surface area contributed by atoms with E-state index in [0.29, 0.717) is 30.9 Å². The summed E-state index contributed by atoms with van der Waals surface area (Å²) in [6.07, 6.45) is -6.76. The highest BCUT2D eigenvalue weighted by Gasteiger charge is 2.33. The highest BCUT2D eigenvalue weighted by molar-refractivity contribution is 7.87. The second kappa shape index (κ2) is 14.5. The Balaban J connectivity index is 2.24. The Morgan fingerprint density at radius 2 is 1.89 bits per heavy atom. The van der Waals surface area contributed by atoms with E-state index in [1.54, 1.807) is 30.3 Å². The zero-order chi connectivity index (χ0) is 28.3. The molecule has 1 aromatic heterocycles. The minimum Gasteiger partial charge on any atom is -0.472 e. The number of carbonyl (C=O) groups is 1. The number of nitrogens with one attached hydrogen (secondary N) is 1. The third kappa shape index (κ3) is 9.91. The highest BCUT2D eigenvalue weighted by atomic mass is 35.5. The van der Waals surface area contributed by atoms with Gasteiger partial charge in [-0.1, -0.05) is 48.9 Å². The lowest BCUT2D eigenvalue weighted by atomic mass is 10.1. The number of hydrogen-bond acceptors (Lipinski definition) is 7. The zero-order valence-corrected chi connectivity index (χ0v) is 22.2. The molecule has 0 bridgehead atoms. The van der Waals surface area contributed by atoms with E-state index in [4.69, 9.17) is 25.8 Å². The first kappa shape index (κ1) is 31.6. The fourth-order valence-electron chi connectivity index (χ4n) is 3.22. The van der Waals surface area contributed by atoms with Crippen LogP contribution in [0.5, 0.6) is 5.88 Å². The van der Waals surface area contributed by atoms with Gasteiger partial charge in [0.15, 0.2) is 0 Å². The maximum atomic E-state index is 13.0. The van der Waals surface area contributed by atoms with Crippen LogP contribution in [-0.4, -0.2) is 68.0 Å². The number of nitrogens with zero attached hydrogens (tertiary/aromatic N) is 2. The minimum absolute atomic E-state index is 0.0769. The molecule has 0 fully saturated rings. The molecule has 2 rings (SSSR count). The third-order valence-electron chi connectivity index (χ3n) is 5.20. The molecule has 1 amide bonds. The van der Waals surface area contributed by atoms with Gasteiger partial charge >= 0.3 is 22.5 Å². The molecule has 2 N–H and O–H groups in total. The maximum Gasteiger partial charge on any atom is 0.422 e. The summed E-state index contributed by atoms with van der Waals surface area (Å²) in [6, 6.07) is 8.74. The summed E-state index contributed by atoms with van der Waals surface area (Å²) in [5.74, 6) is -0.352. The molecular weight excluding hydrogens is 555 g/mol. The molecule has 2 atom stereocenters. The Morgan fingerprint density at radius 1 is 1.21 bits per heavy atom. The van der Waals surface area contributed by atoms with Crippen molar-refractivity contribution < 1.29 is 45.7 Å². The van der Waals surface area contributed by atoms with Crippen LogP contribution in [0.2, 0.25) is 5.02 Å². The van der Waals surface area contributed by atoms with Gasteiger partial charge in [0.25, 0.3) is 0 Å².